The van der Waals surface area contributed by atoms with Crippen LogP contribution >= 0.6 is 0 Å². The fourth-order valence-corrected chi connectivity index (χ4v) is 6.10. The van der Waals surface area contributed by atoms with Gasteiger partial charge in [-0.1, -0.05) is 97.3 Å². The van der Waals surface area contributed by atoms with Gasteiger partial charge in [-0.05, 0) is 61.8 Å². The van der Waals surface area contributed by atoms with Gasteiger partial charge in [0.1, 0.15) is 5.82 Å². The molecule has 2 heteroatoms. The molecule has 0 saturated heterocycles. The molecular formula is C29H50N2. The second-order valence-corrected chi connectivity index (χ2v) is 10.9. The maximum Gasteiger partial charge on any atom is 0.131 e. The molecule has 0 unspecified atom stereocenters. The molecule has 1 aromatic heterocycles. The zero-order chi connectivity index (χ0) is 21.7. The van der Waals surface area contributed by atoms with E-state index in [0.717, 1.165) is 30.0 Å². The van der Waals surface area contributed by atoms with Gasteiger partial charge in [0.2, 0.25) is 0 Å². The molecule has 0 aromatic carbocycles. The summed E-state index contributed by atoms with van der Waals surface area (Å²) in [6.45, 7) is 4.66. The van der Waals surface area contributed by atoms with E-state index in [1.807, 2.05) is 0 Å². The molecule has 0 radical (unpaired) electrons. The minimum Gasteiger partial charge on any atom is -0.241 e. The molecule has 2 nitrogen and oxygen atoms in total. The van der Waals surface area contributed by atoms with Gasteiger partial charge in [-0.25, -0.2) is 9.97 Å². The molecular weight excluding hydrogens is 376 g/mol. The second kappa shape index (κ2) is 14.3. The molecule has 3 rings (SSSR count). The highest BCUT2D eigenvalue weighted by atomic mass is 14.9. The van der Waals surface area contributed by atoms with Gasteiger partial charge in [0.25, 0.3) is 0 Å². The Morgan fingerprint density at radius 3 is 1.74 bits per heavy atom. The van der Waals surface area contributed by atoms with Crippen LogP contribution in [0.2, 0.25) is 0 Å². The van der Waals surface area contributed by atoms with Crippen LogP contribution in [0.4, 0.5) is 0 Å². The fraction of sp³-hybridized carbons (Fsp3) is 0.862. The molecule has 31 heavy (non-hydrogen) atoms. The van der Waals surface area contributed by atoms with E-state index in [2.05, 4.69) is 26.2 Å². The molecule has 2 aliphatic carbocycles. The molecule has 1 aromatic rings. The normalized spacial score (nSPS) is 26.8. The number of nitrogens with zero attached hydrogens (tertiary/aromatic N) is 2. The SMILES string of the molecule is CCCCCCCCCc1cnc(C2CCC(CCC3CCC(CC)CC3)CC2)nc1. The average Bonchev–Trinajstić information content (AvgIpc) is 2.83. The predicted molar refractivity (Wildman–Crippen MR) is 133 cm³/mol. The van der Waals surface area contributed by atoms with Crippen molar-refractivity contribution in [3.8, 4) is 0 Å². The zero-order valence-corrected chi connectivity index (χ0v) is 20.8. The van der Waals surface area contributed by atoms with Gasteiger partial charge in [-0.3, -0.25) is 0 Å². The lowest BCUT2D eigenvalue weighted by molar-refractivity contribution is 0.226. The van der Waals surface area contributed by atoms with E-state index in [9.17, 15) is 0 Å². The molecule has 0 N–H and O–H groups in total. The van der Waals surface area contributed by atoms with Crippen LogP contribution in [-0.2, 0) is 6.42 Å². The summed E-state index contributed by atoms with van der Waals surface area (Å²) in [5.74, 6) is 4.78. The van der Waals surface area contributed by atoms with Crippen LogP contribution in [0.25, 0.3) is 0 Å². The van der Waals surface area contributed by atoms with Crippen LogP contribution in [0.1, 0.15) is 147 Å². The maximum atomic E-state index is 4.79. The summed E-state index contributed by atoms with van der Waals surface area (Å²) in [4.78, 5) is 9.58. The molecule has 2 aliphatic rings. The van der Waals surface area contributed by atoms with Crippen molar-refractivity contribution < 1.29 is 0 Å². The number of rotatable bonds is 13. The van der Waals surface area contributed by atoms with E-state index < -0.39 is 0 Å². The molecule has 2 saturated carbocycles. The Morgan fingerprint density at radius 2 is 1.16 bits per heavy atom. The lowest BCUT2D eigenvalue weighted by atomic mass is 9.75. The van der Waals surface area contributed by atoms with Crippen molar-refractivity contribution in [1.29, 1.82) is 0 Å². The molecule has 0 spiro atoms. The van der Waals surface area contributed by atoms with Gasteiger partial charge in [0.05, 0.1) is 0 Å². The van der Waals surface area contributed by atoms with E-state index in [1.54, 1.807) is 0 Å². The van der Waals surface area contributed by atoms with Crippen molar-refractivity contribution in [1.82, 2.24) is 9.97 Å². The Labute approximate surface area is 193 Å². The molecule has 0 atom stereocenters. The highest BCUT2D eigenvalue weighted by Crippen LogP contribution is 2.39. The molecule has 176 valence electrons. The summed E-state index contributed by atoms with van der Waals surface area (Å²) in [7, 11) is 0. The topological polar surface area (TPSA) is 25.8 Å². The maximum absolute atomic E-state index is 4.79. The predicted octanol–water partition coefficient (Wildman–Crippen LogP) is 9.04. The van der Waals surface area contributed by atoms with Gasteiger partial charge in [-0.2, -0.15) is 0 Å². The molecule has 0 amide bonds. The lowest BCUT2D eigenvalue weighted by Gasteiger charge is -2.31. The molecule has 0 bridgehead atoms. The van der Waals surface area contributed by atoms with Gasteiger partial charge >= 0.3 is 0 Å². The van der Waals surface area contributed by atoms with E-state index >= 15 is 0 Å². The fourth-order valence-electron chi connectivity index (χ4n) is 6.10. The Kier molecular flexibility index (Phi) is 11.4. The smallest absolute Gasteiger partial charge is 0.131 e. The highest BCUT2D eigenvalue weighted by molar-refractivity contribution is 5.08. The summed E-state index contributed by atoms with van der Waals surface area (Å²) in [5.41, 5.74) is 1.34. The Bertz CT molecular complexity index is 565. The quantitative estimate of drug-likeness (QED) is 0.294. The number of hydrogen-bond donors (Lipinski definition) is 0. The minimum absolute atomic E-state index is 0.615. The van der Waals surface area contributed by atoms with Crippen LogP contribution in [0.15, 0.2) is 12.4 Å². The minimum atomic E-state index is 0.615. The third-order valence-corrected chi connectivity index (χ3v) is 8.53. The largest absolute Gasteiger partial charge is 0.241 e. The number of unbranched alkanes of at least 4 members (excludes halogenated alkanes) is 6. The van der Waals surface area contributed by atoms with Gasteiger partial charge in [-0.15, -0.1) is 0 Å². The van der Waals surface area contributed by atoms with Crippen molar-refractivity contribution >= 4 is 0 Å². The second-order valence-electron chi connectivity index (χ2n) is 10.9. The van der Waals surface area contributed by atoms with Crippen molar-refractivity contribution in [3.05, 3.63) is 23.8 Å². The average molecular weight is 427 g/mol. The van der Waals surface area contributed by atoms with E-state index in [1.165, 1.54) is 121 Å². The standard InChI is InChI=1S/C29H50N2/c1-3-5-6-7-8-9-10-11-27-22-30-29(31-23-27)28-20-18-26(19-21-28)17-16-25-14-12-24(4-2)13-15-25/h22-26,28H,3-21H2,1-2H3. The third kappa shape index (κ3) is 8.85. The first kappa shape index (κ1) is 24.7. The van der Waals surface area contributed by atoms with E-state index in [-0.39, 0.29) is 0 Å². The van der Waals surface area contributed by atoms with Gasteiger partial charge < -0.3 is 0 Å². The van der Waals surface area contributed by atoms with Crippen molar-refractivity contribution in [2.45, 2.75) is 142 Å². The monoisotopic (exact) mass is 426 g/mol. The first-order chi connectivity index (χ1) is 15.3. The molecule has 2 fully saturated rings. The summed E-state index contributed by atoms with van der Waals surface area (Å²) in [6.07, 6.45) is 30.8. The summed E-state index contributed by atoms with van der Waals surface area (Å²) >= 11 is 0. The van der Waals surface area contributed by atoms with Gasteiger partial charge in [0, 0.05) is 18.3 Å². The van der Waals surface area contributed by atoms with E-state index in [4.69, 9.17) is 9.97 Å². The van der Waals surface area contributed by atoms with Crippen LogP contribution in [0.5, 0.6) is 0 Å². The highest BCUT2D eigenvalue weighted by Gasteiger charge is 2.26. The summed E-state index contributed by atoms with van der Waals surface area (Å²) < 4.78 is 0. The first-order valence-electron chi connectivity index (χ1n) is 14.1. The first-order valence-corrected chi connectivity index (χ1v) is 14.1. The number of aromatic nitrogens is 2. The van der Waals surface area contributed by atoms with Crippen molar-refractivity contribution in [2.24, 2.45) is 17.8 Å². The van der Waals surface area contributed by atoms with Crippen LogP contribution in [0.3, 0.4) is 0 Å². The van der Waals surface area contributed by atoms with Crippen LogP contribution in [-0.4, -0.2) is 9.97 Å². The summed E-state index contributed by atoms with van der Waals surface area (Å²) in [6, 6.07) is 0. The van der Waals surface area contributed by atoms with Crippen LogP contribution in [0, 0.1) is 17.8 Å². The summed E-state index contributed by atoms with van der Waals surface area (Å²) in [5, 5.41) is 0. The van der Waals surface area contributed by atoms with Crippen LogP contribution < -0.4 is 0 Å². The Hall–Kier alpha value is -0.920. The number of aryl methyl sites for hydroxylation is 1. The van der Waals surface area contributed by atoms with Gasteiger partial charge in [0.15, 0.2) is 0 Å². The van der Waals surface area contributed by atoms with Crippen molar-refractivity contribution in [3.63, 3.8) is 0 Å². The Morgan fingerprint density at radius 1 is 0.645 bits per heavy atom. The number of hydrogen-bond acceptors (Lipinski definition) is 2. The zero-order valence-electron chi connectivity index (χ0n) is 20.8. The van der Waals surface area contributed by atoms with E-state index in [0.29, 0.717) is 5.92 Å². The lowest BCUT2D eigenvalue weighted by Crippen LogP contribution is -2.18. The van der Waals surface area contributed by atoms with Crippen molar-refractivity contribution in [2.75, 3.05) is 0 Å². The molecule has 0 aliphatic heterocycles. The molecule has 1 heterocycles. The Balaban J connectivity index is 1.28. The third-order valence-electron chi connectivity index (χ3n) is 8.53.